The van der Waals surface area contributed by atoms with Crippen LogP contribution in [0.4, 0.5) is 0 Å². The van der Waals surface area contributed by atoms with E-state index < -0.39 is 10.0 Å². The van der Waals surface area contributed by atoms with E-state index in [9.17, 15) is 13.2 Å². The third kappa shape index (κ3) is 3.01. The van der Waals surface area contributed by atoms with Crippen molar-refractivity contribution in [2.24, 2.45) is 0 Å². The van der Waals surface area contributed by atoms with Crippen LogP contribution < -0.4 is 0 Å². The lowest BCUT2D eigenvalue weighted by molar-refractivity contribution is -0.129. The lowest BCUT2D eigenvalue weighted by atomic mass is 10.4. The van der Waals surface area contributed by atoms with Gasteiger partial charge in [-0.2, -0.15) is 4.31 Å². The number of hydrogen-bond donors (Lipinski definition) is 0. The second-order valence-corrected chi connectivity index (χ2v) is 9.06. The fourth-order valence-corrected chi connectivity index (χ4v) is 5.66. The Kier molecular flexibility index (Phi) is 4.34. The third-order valence-electron chi connectivity index (χ3n) is 3.07. The Morgan fingerprint density at radius 3 is 2.63 bits per heavy atom. The highest BCUT2D eigenvalue weighted by atomic mass is 79.9. The highest BCUT2D eigenvalue weighted by Gasteiger charge is 2.31. The molecule has 1 amide bonds. The van der Waals surface area contributed by atoms with Crippen molar-refractivity contribution >= 4 is 43.2 Å². The first kappa shape index (κ1) is 15.0. The van der Waals surface area contributed by atoms with Crippen LogP contribution in [-0.2, 0) is 14.8 Å². The van der Waals surface area contributed by atoms with Crippen LogP contribution in [0.5, 0.6) is 0 Å². The molecule has 1 aliphatic rings. The molecule has 0 aliphatic carbocycles. The normalized spacial score (nSPS) is 18.7. The Balaban J connectivity index is 2.31. The molecule has 0 radical (unpaired) electrons. The summed E-state index contributed by atoms with van der Waals surface area (Å²) in [5.41, 5.74) is 0.891. The summed E-state index contributed by atoms with van der Waals surface area (Å²) >= 11 is 4.52. The minimum Gasteiger partial charge on any atom is -0.345 e. The van der Waals surface area contributed by atoms with Crippen molar-refractivity contribution in [1.29, 1.82) is 0 Å². The first-order valence-electron chi connectivity index (χ1n) is 5.82. The zero-order valence-electron chi connectivity index (χ0n) is 10.7. The third-order valence-corrected chi connectivity index (χ3v) is 7.50. The van der Waals surface area contributed by atoms with E-state index >= 15 is 0 Å². The van der Waals surface area contributed by atoms with Crippen LogP contribution in [0.1, 0.15) is 12.0 Å². The van der Waals surface area contributed by atoms with Gasteiger partial charge in [0.25, 0.3) is 10.0 Å². The summed E-state index contributed by atoms with van der Waals surface area (Å²) in [7, 11) is -1.87. The quantitative estimate of drug-likeness (QED) is 0.799. The second-order valence-electron chi connectivity index (χ2n) is 4.53. The van der Waals surface area contributed by atoms with Crippen LogP contribution >= 0.6 is 27.3 Å². The Morgan fingerprint density at radius 2 is 2.05 bits per heavy atom. The fraction of sp³-hybridized carbons (Fsp3) is 0.545. The molecule has 0 spiro atoms. The molecular weight excluding hydrogens is 352 g/mol. The van der Waals surface area contributed by atoms with Crippen molar-refractivity contribution in [3.8, 4) is 0 Å². The predicted octanol–water partition coefficient (Wildman–Crippen LogP) is 1.67. The summed E-state index contributed by atoms with van der Waals surface area (Å²) in [5.74, 6) is -0.159. The van der Waals surface area contributed by atoms with E-state index in [0.29, 0.717) is 19.5 Å². The molecule has 8 heteroatoms. The molecule has 1 aromatic heterocycles. The summed E-state index contributed by atoms with van der Waals surface area (Å²) < 4.78 is 27.4. The van der Waals surface area contributed by atoms with Gasteiger partial charge >= 0.3 is 0 Å². The van der Waals surface area contributed by atoms with Gasteiger partial charge in [-0.25, -0.2) is 8.42 Å². The minimum absolute atomic E-state index is 0.0760. The smallest absolute Gasteiger partial charge is 0.253 e. The van der Waals surface area contributed by atoms with Crippen molar-refractivity contribution in [3.05, 3.63) is 15.4 Å². The molecule has 0 aromatic carbocycles. The fourth-order valence-electron chi connectivity index (χ4n) is 1.85. The Bertz CT molecular complexity index is 578. The van der Waals surface area contributed by atoms with Crippen molar-refractivity contribution in [2.45, 2.75) is 17.6 Å². The number of amides is 1. The molecule has 0 saturated carbocycles. The number of nitrogens with zero attached hydrogens (tertiary/aromatic N) is 2. The van der Waals surface area contributed by atoms with Gasteiger partial charge in [0.05, 0.1) is 10.3 Å². The zero-order chi connectivity index (χ0) is 14.2. The van der Waals surface area contributed by atoms with E-state index in [0.717, 1.165) is 9.35 Å². The molecule has 5 nitrogen and oxygen atoms in total. The maximum Gasteiger partial charge on any atom is 0.253 e. The standard InChI is InChI=1S/C11H15BrN2O3S2/c1-8-6-10(18-11(8)12)19(16,17)14-5-3-4-13(2)9(15)7-14/h6H,3-5,7H2,1-2H3. The van der Waals surface area contributed by atoms with Crippen molar-refractivity contribution in [1.82, 2.24) is 9.21 Å². The maximum atomic E-state index is 12.5. The SMILES string of the molecule is Cc1cc(S(=O)(=O)N2CCCN(C)C(=O)C2)sc1Br. The predicted molar refractivity (Wildman–Crippen MR) is 77.8 cm³/mol. The number of likely N-dealkylation sites (N-methyl/N-ethyl adjacent to an activating group) is 1. The molecule has 106 valence electrons. The number of halogens is 1. The van der Waals surface area contributed by atoms with Crippen LogP contribution in [0.25, 0.3) is 0 Å². The lowest BCUT2D eigenvalue weighted by Gasteiger charge is -2.18. The topological polar surface area (TPSA) is 57.7 Å². The summed E-state index contributed by atoms with van der Waals surface area (Å²) in [6.45, 7) is 2.75. The van der Waals surface area contributed by atoms with Gasteiger partial charge in [-0.05, 0) is 40.9 Å². The highest BCUT2D eigenvalue weighted by molar-refractivity contribution is 9.11. The molecule has 1 saturated heterocycles. The second kappa shape index (κ2) is 5.51. The van der Waals surface area contributed by atoms with Crippen LogP contribution in [0.3, 0.4) is 0 Å². The molecule has 2 rings (SSSR count). The molecule has 0 atom stereocenters. The van der Waals surface area contributed by atoms with E-state index in [4.69, 9.17) is 0 Å². The van der Waals surface area contributed by atoms with Crippen LogP contribution in [0.2, 0.25) is 0 Å². The van der Waals surface area contributed by atoms with Gasteiger partial charge in [0.2, 0.25) is 5.91 Å². The van der Waals surface area contributed by atoms with Gasteiger partial charge in [0.15, 0.2) is 0 Å². The van der Waals surface area contributed by atoms with E-state index in [1.807, 2.05) is 6.92 Å². The van der Waals surface area contributed by atoms with Gasteiger partial charge in [-0.15, -0.1) is 11.3 Å². The number of carbonyl (C=O) groups excluding carboxylic acids is 1. The van der Waals surface area contributed by atoms with Gasteiger partial charge in [-0.1, -0.05) is 0 Å². The molecule has 1 aliphatic heterocycles. The first-order valence-corrected chi connectivity index (χ1v) is 8.87. The molecule has 2 heterocycles. The number of thiophene rings is 1. The Labute approximate surface area is 125 Å². The average Bonchev–Trinajstić information content (AvgIpc) is 2.58. The summed E-state index contributed by atoms with van der Waals surface area (Å²) in [4.78, 5) is 13.4. The van der Waals surface area contributed by atoms with Crippen LogP contribution in [-0.4, -0.2) is 50.2 Å². The van der Waals surface area contributed by atoms with Crippen LogP contribution in [0.15, 0.2) is 14.1 Å². The number of rotatable bonds is 2. The Morgan fingerprint density at radius 1 is 1.37 bits per heavy atom. The van der Waals surface area contributed by atoms with E-state index in [1.165, 1.54) is 15.6 Å². The average molecular weight is 367 g/mol. The molecule has 0 N–H and O–H groups in total. The molecule has 19 heavy (non-hydrogen) atoms. The van der Waals surface area contributed by atoms with Crippen molar-refractivity contribution in [2.75, 3.05) is 26.7 Å². The Hall–Kier alpha value is -0.440. The largest absolute Gasteiger partial charge is 0.345 e. The molecule has 1 fully saturated rings. The van der Waals surface area contributed by atoms with Gasteiger partial charge in [0, 0.05) is 20.1 Å². The van der Waals surface area contributed by atoms with Gasteiger partial charge in [-0.3, -0.25) is 4.79 Å². The van der Waals surface area contributed by atoms with E-state index in [-0.39, 0.29) is 16.7 Å². The lowest BCUT2D eigenvalue weighted by Crippen LogP contribution is -2.37. The van der Waals surface area contributed by atoms with Crippen LogP contribution in [0, 0.1) is 6.92 Å². The first-order chi connectivity index (χ1) is 8.82. The molecule has 1 aromatic rings. The number of sulfonamides is 1. The minimum atomic E-state index is -3.57. The summed E-state index contributed by atoms with van der Waals surface area (Å²) in [6, 6.07) is 1.64. The number of aryl methyl sites for hydroxylation is 1. The van der Waals surface area contributed by atoms with E-state index in [1.54, 1.807) is 18.0 Å². The highest BCUT2D eigenvalue weighted by Crippen LogP contribution is 2.32. The summed E-state index contributed by atoms with van der Waals surface area (Å²) in [6.07, 6.45) is 0.660. The molecule has 0 unspecified atom stereocenters. The monoisotopic (exact) mass is 366 g/mol. The van der Waals surface area contributed by atoms with Gasteiger partial charge in [0.1, 0.15) is 4.21 Å². The van der Waals surface area contributed by atoms with Crippen molar-refractivity contribution < 1.29 is 13.2 Å². The molecule has 0 bridgehead atoms. The molecular formula is C11H15BrN2O3S2. The van der Waals surface area contributed by atoms with Crippen molar-refractivity contribution in [3.63, 3.8) is 0 Å². The summed E-state index contributed by atoms with van der Waals surface area (Å²) in [5, 5.41) is 0. The number of hydrogen-bond acceptors (Lipinski definition) is 4. The number of carbonyl (C=O) groups is 1. The van der Waals surface area contributed by atoms with Gasteiger partial charge < -0.3 is 4.90 Å². The zero-order valence-corrected chi connectivity index (χ0v) is 13.9. The van der Waals surface area contributed by atoms with E-state index in [2.05, 4.69) is 15.9 Å². The maximum absolute atomic E-state index is 12.5.